The summed E-state index contributed by atoms with van der Waals surface area (Å²) in [7, 11) is 3.25. The summed E-state index contributed by atoms with van der Waals surface area (Å²) < 4.78 is 15.5. The third kappa shape index (κ3) is 3.23. The molecule has 0 radical (unpaired) electrons. The molecular weight excluding hydrogens is 246 g/mol. The molecule has 1 aromatic carbocycles. The van der Waals surface area contributed by atoms with Crippen molar-refractivity contribution in [2.24, 2.45) is 0 Å². The minimum Gasteiger partial charge on any atom is -0.496 e. The number of aryl methyl sites for hydroxylation is 1. The first-order chi connectivity index (χ1) is 9.24. The van der Waals surface area contributed by atoms with Crippen molar-refractivity contribution in [3.63, 3.8) is 0 Å². The van der Waals surface area contributed by atoms with E-state index in [1.807, 2.05) is 0 Å². The number of nitrogen functional groups attached to an aromatic ring is 1. The Balaban J connectivity index is 2.18. The number of nitrogens with zero attached hydrogens (tertiary/aromatic N) is 2. The summed E-state index contributed by atoms with van der Waals surface area (Å²) in [6.07, 6.45) is 1.57. The summed E-state index contributed by atoms with van der Waals surface area (Å²) in [5.74, 6) is 1.71. The van der Waals surface area contributed by atoms with E-state index < -0.39 is 0 Å². The molecule has 2 aromatic rings. The number of nitrogens with two attached hydrogens (primary N) is 1. The zero-order valence-electron chi connectivity index (χ0n) is 11.0. The van der Waals surface area contributed by atoms with E-state index in [9.17, 15) is 0 Å². The molecule has 0 atom stereocenters. The van der Waals surface area contributed by atoms with Crippen LogP contribution in [0.4, 0.5) is 5.69 Å². The van der Waals surface area contributed by atoms with Gasteiger partial charge in [-0.15, -0.1) is 0 Å². The molecule has 1 aromatic heterocycles. The van der Waals surface area contributed by atoms with Crippen LogP contribution in [0.1, 0.15) is 12.2 Å². The van der Waals surface area contributed by atoms with E-state index in [1.54, 1.807) is 32.4 Å². The molecule has 0 aliphatic heterocycles. The second-order valence-corrected chi connectivity index (χ2v) is 4.07. The van der Waals surface area contributed by atoms with Gasteiger partial charge in [0, 0.05) is 31.9 Å². The van der Waals surface area contributed by atoms with Gasteiger partial charge in [-0.1, -0.05) is 5.16 Å². The Bertz CT molecular complexity index is 540. The molecule has 6 nitrogen and oxygen atoms in total. The monoisotopic (exact) mass is 263 g/mol. The fraction of sp³-hybridized carbons (Fsp3) is 0.385. The lowest BCUT2D eigenvalue weighted by Crippen LogP contribution is -1.94. The van der Waals surface area contributed by atoms with E-state index in [-0.39, 0.29) is 0 Å². The topological polar surface area (TPSA) is 83.4 Å². The fourth-order valence-electron chi connectivity index (χ4n) is 1.72. The van der Waals surface area contributed by atoms with Crippen molar-refractivity contribution in [3.05, 3.63) is 24.0 Å². The molecule has 102 valence electrons. The molecule has 0 unspecified atom stereocenters. The van der Waals surface area contributed by atoms with Crippen molar-refractivity contribution < 1.29 is 14.0 Å². The van der Waals surface area contributed by atoms with Gasteiger partial charge in [-0.3, -0.25) is 0 Å². The quantitative estimate of drug-likeness (QED) is 0.633. The van der Waals surface area contributed by atoms with E-state index >= 15 is 0 Å². The van der Waals surface area contributed by atoms with E-state index in [0.29, 0.717) is 36.2 Å². The van der Waals surface area contributed by atoms with Crippen LogP contribution in [-0.2, 0) is 11.2 Å². The maximum Gasteiger partial charge on any atom is 0.261 e. The zero-order valence-corrected chi connectivity index (χ0v) is 11.0. The summed E-state index contributed by atoms with van der Waals surface area (Å²) in [5, 5.41) is 3.93. The number of hydrogen-bond donors (Lipinski definition) is 1. The number of hydrogen-bond acceptors (Lipinski definition) is 6. The third-order valence-corrected chi connectivity index (χ3v) is 2.67. The van der Waals surface area contributed by atoms with Crippen LogP contribution in [0.25, 0.3) is 11.5 Å². The highest BCUT2D eigenvalue weighted by Gasteiger charge is 2.13. The summed E-state index contributed by atoms with van der Waals surface area (Å²) >= 11 is 0. The van der Waals surface area contributed by atoms with E-state index in [4.69, 9.17) is 19.7 Å². The highest BCUT2D eigenvalue weighted by molar-refractivity contribution is 5.66. The average Bonchev–Trinajstić information content (AvgIpc) is 2.87. The Hall–Kier alpha value is -2.08. The number of aromatic nitrogens is 2. The van der Waals surface area contributed by atoms with Gasteiger partial charge in [0.1, 0.15) is 5.75 Å². The van der Waals surface area contributed by atoms with E-state index in [2.05, 4.69) is 10.1 Å². The Morgan fingerprint density at radius 1 is 1.32 bits per heavy atom. The van der Waals surface area contributed by atoms with E-state index in [0.717, 1.165) is 12.0 Å². The maximum absolute atomic E-state index is 5.71. The van der Waals surface area contributed by atoms with Gasteiger partial charge in [0.25, 0.3) is 5.89 Å². The molecule has 2 rings (SSSR count). The smallest absolute Gasteiger partial charge is 0.261 e. The van der Waals surface area contributed by atoms with Crippen molar-refractivity contribution in [1.82, 2.24) is 10.1 Å². The van der Waals surface area contributed by atoms with Crippen LogP contribution >= 0.6 is 0 Å². The number of ether oxygens (including phenoxy) is 2. The van der Waals surface area contributed by atoms with Gasteiger partial charge in [0.05, 0.1) is 12.7 Å². The summed E-state index contributed by atoms with van der Waals surface area (Å²) in [5.41, 5.74) is 7.07. The van der Waals surface area contributed by atoms with E-state index in [1.165, 1.54) is 0 Å². The zero-order chi connectivity index (χ0) is 13.7. The van der Waals surface area contributed by atoms with Gasteiger partial charge < -0.3 is 19.7 Å². The molecule has 6 heteroatoms. The number of methoxy groups -OCH3 is 2. The largest absolute Gasteiger partial charge is 0.496 e. The normalized spacial score (nSPS) is 10.6. The van der Waals surface area contributed by atoms with Crippen LogP contribution in [0.15, 0.2) is 22.7 Å². The molecule has 0 aliphatic carbocycles. The molecule has 0 aliphatic rings. The summed E-state index contributed by atoms with van der Waals surface area (Å²) in [4.78, 5) is 4.34. The minimum absolute atomic E-state index is 0.435. The van der Waals surface area contributed by atoms with Crippen molar-refractivity contribution in [1.29, 1.82) is 0 Å². The van der Waals surface area contributed by atoms with Gasteiger partial charge in [-0.2, -0.15) is 4.98 Å². The minimum atomic E-state index is 0.435. The van der Waals surface area contributed by atoms with Crippen molar-refractivity contribution in [2.45, 2.75) is 12.8 Å². The molecule has 0 bridgehead atoms. The third-order valence-electron chi connectivity index (χ3n) is 2.67. The van der Waals surface area contributed by atoms with Crippen LogP contribution in [0.3, 0.4) is 0 Å². The van der Waals surface area contributed by atoms with Crippen molar-refractivity contribution in [3.8, 4) is 17.2 Å². The Kier molecular flexibility index (Phi) is 4.35. The Morgan fingerprint density at radius 3 is 2.89 bits per heavy atom. The van der Waals surface area contributed by atoms with Crippen molar-refractivity contribution >= 4 is 5.69 Å². The predicted octanol–water partition coefficient (Wildman–Crippen LogP) is 1.91. The SMILES string of the molecule is COCCCc1noc(-c2ccc(N)cc2OC)n1. The Labute approximate surface area is 111 Å². The molecular formula is C13H17N3O3. The number of anilines is 1. The van der Waals surface area contributed by atoms with Crippen molar-refractivity contribution in [2.75, 3.05) is 26.6 Å². The maximum atomic E-state index is 5.71. The lowest BCUT2D eigenvalue weighted by Gasteiger charge is -2.05. The highest BCUT2D eigenvalue weighted by Crippen LogP contribution is 2.30. The van der Waals surface area contributed by atoms with Gasteiger partial charge in [0.15, 0.2) is 5.82 Å². The first kappa shape index (κ1) is 13.4. The molecule has 19 heavy (non-hydrogen) atoms. The van der Waals surface area contributed by atoms with Crippen LogP contribution < -0.4 is 10.5 Å². The standard InChI is InChI=1S/C13H17N3O3/c1-17-7-3-4-12-15-13(19-16-12)10-6-5-9(14)8-11(10)18-2/h5-6,8H,3-4,7,14H2,1-2H3. The first-order valence-corrected chi connectivity index (χ1v) is 6.00. The molecule has 0 saturated heterocycles. The lowest BCUT2D eigenvalue weighted by atomic mass is 10.2. The van der Waals surface area contributed by atoms with Crippen LogP contribution in [-0.4, -0.2) is 31.0 Å². The average molecular weight is 263 g/mol. The van der Waals surface area contributed by atoms with Crippen LogP contribution in [0.2, 0.25) is 0 Å². The number of benzene rings is 1. The fourth-order valence-corrected chi connectivity index (χ4v) is 1.72. The van der Waals surface area contributed by atoms with Gasteiger partial charge >= 0.3 is 0 Å². The highest BCUT2D eigenvalue weighted by atomic mass is 16.5. The molecule has 0 spiro atoms. The van der Waals surface area contributed by atoms with Gasteiger partial charge in [0.2, 0.25) is 0 Å². The second kappa shape index (κ2) is 6.19. The lowest BCUT2D eigenvalue weighted by molar-refractivity contribution is 0.194. The van der Waals surface area contributed by atoms with Crippen LogP contribution in [0, 0.1) is 0 Å². The summed E-state index contributed by atoms with van der Waals surface area (Å²) in [6.45, 7) is 0.676. The molecule has 2 N–H and O–H groups in total. The first-order valence-electron chi connectivity index (χ1n) is 6.00. The predicted molar refractivity (Wildman–Crippen MR) is 70.9 cm³/mol. The molecule has 0 fully saturated rings. The van der Waals surface area contributed by atoms with Gasteiger partial charge in [-0.05, 0) is 18.6 Å². The second-order valence-electron chi connectivity index (χ2n) is 4.07. The van der Waals surface area contributed by atoms with Gasteiger partial charge in [-0.25, -0.2) is 0 Å². The Morgan fingerprint density at radius 2 is 2.16 bits per heavy atom. The number of rotatable bonds is 6. The molecule has 0 saturated carbocycles. The summed E-state index contributed by atoms with van der Waals surface area (Å²) in [6, 6.07) is 5.30. The van der Waals surface area contributed by atoms with Crippen LogP contribution in [0.5, 0.6) is 5.75 Å². The molecule has 0 amide bonds. The molecule has 1 heterocycles.